The minimum Gasteiger partial charge on any atom is -0.369 e. The van der Waals surface area contributed by atoms with Gasteiger partial charge in [0.25, 0.3) is 0 Å². The van der Waals surface area contributed by atoms with Crippen molar-refractivity contribution in [2.24, 2.45) is 11.7 Å². The normalized spacial score (nSPS) is 22.7. The van der Waals surface area contributed by atoms with Crippen LogP contribution in [0.3, 0.4) is 0 Å². The molecule has 1 aromatic rings. The molecule has 1 aromatic carbocycles. The highest BCUT2D eigenvalue weighted by molar-refractivity contribution is 5.77. The highest BCUT2D eigenvalue weighted by Gasteiger charge is 2.25. The molecule has 0 saturated heterocycles. The van der Waals surface area contributed by atoms with Gasteiger partial charge in [-0.1, -0.05) is 12.1 Å². The summed E-state index contributed by atoms with van der Waals surface area (Å²) in [4.78, 5) is 11.3. The molecule has 1 amide bonds. The van der Waals surface area contributed by atoms with E-state index in [2.05, 4.69) is 12.1 Å². The lowest BCUT2D eigenvalue weighted by Gasteiger charge is -2.28. The van der Waals surface area contributed by atoms with Gasteiger partial charge < -0.3 is 5.73 Å². The molecular weight excluding hydrogens is 210 g/mol. The van der Waals surface area contributed by atoms with Crippen molar-refractivity contribution >= 4 is 5.91 Å². The van der Waals surface area contributed by atoms with Crippen LogP contribution in [-0.2, 0) is 30.5 Å². The Morgan fingerprint density at radius 2 is 1.76 bits per heavy atom. The molecule has 3 rings (SSSR count). The summed E-state index contributed by atoms with van der Waals surface area (Å²) in [5.41, 5.74) is 11.5. The van der Waals surface area contributed by atoms with Gasteiger partial charge >= 0.3 is 0 Å². The van der Waals surface area contributed by atoms with E-state index in [-0.39, 0.29) is 11.8 Å². The first-order valence-electron chi connectivity index (χ1n) is 6.67. The predicted molar refractivity (Wildman–Crippen MR) is 67.8 cm³/mol. The minimum absolute atomic E-state index is 0.0594. The van der Waals surface area contributed by atoms with Crippen molar-refractivity contribution in [1.82, 2.24) is 0 Å². The van der Waals surface area contributed by atoms with Crippen LogP contribution in [-0.4, -0.2) is 5.91 Å². The first-order chi connectivity index (χ1) is 8.25. The van der Waals surface area contributed by atoms with Gasteiger partial charge in [0, 0.05) is 5.92 Å². The summed E-state index contributed by atoms with van der Waals surface area (Å²) < 4.78 is 0. The second-order valence-corrected chi connectivity index (χ2v) is 5.39. The van der Waals surface area contributed by atoms with Crippen molar-refractivity contribution in [3.63, 3.8) is 0 Å². The lowest BCUT2D eigenvalue weighted by atomic mass is 9.77. The Labute approximate surface area is 102 Å². The van der Waals surface area contributed by atoms with Crippen LogP contribution in [0, 0.1) is 5.92 Å². The van der Waals surface area contributed by atoms with Crippen molar-refractivity contribution in [3.05, 3.63) is 34.4 Å². The quantitative estimate of drug-likeness (QED) is 0.788. The molecule has 0 radical (unpaired) electrons. The van der Waals surface area contributed by atoms with E-state index < -0.39 is 0 Å². The van der Waals surface area contributed by atoms with Gasteiger partial charge in [-0.15, -0.1) is 0 Å². The van der Waals surface area contributed by atoms with Crippen LogP contribution in [0.5, 0.6) is 0 Å². The molecule has 0 spiro atoms. The first kappa shape index (κ1) is 10.8. The van der Waals surface area contributed by atoms with Crippen LogP contribution in [0.15, 0.2) is 12.1 Å². The molecule has 2 aliphatic carbocycles. The summed E-state index contributed by atoms with van der Waals surface area (Å²) in [6.45, 7) is 0. The monoisotopic (exact) mass is 229 g/mol. The molecule has 0 heterocycles. The third-order valence-electron chi connectivity index (χ3n) is 4.36. The molecule has 2 nitrogen and oxygen atoms in total. The minimum atomic E-state index is -0.131. The number of primary amides is 1. The molecule has 2 heteroatoms. The van der Waals surface area contributed by atoms with Gasteiger partial charge in [-0.3, -0.25) is 4.79 Å². The van der Waals surface area contributed by atoms with Crippen molar-refractivity contribution in [1.29, 1.82) is 0 Å². The number of fused-ring (bicyclic) bond motifs is 3. The molecule has 17 heavy (non-hydrogen) atoms. The van der Waals surface area contributed by atoms with Gasteiger partial charge in [0.15, 0.2) is 0 Å². The molecule has 0 aromatic heterocycles. The van der Waals surface area contributed by atoms with Gasteiger partial charge in [-0.2, -0.15) is 0 Å². The topological polar surface area (TPSA) is 43.1 Å². The van der Waals surface area contributed by atoms with Crippen LogP contribution in [0.1, 0.15) is 41.5 Å². The summed E-state index contributed by atoms with van der Waals surface area (Å²) in [7, 11) is 0. The molecule has 0 fully saturated rings. The van der Waals surface area contributed by atoms with Gasteiger partial charge in [0.1, 0.15) is 0 Å². The lowest BCUT2D eigenvalue weighted by Crippen LogP contribution is -2.29. The number of benzene rings is 1. The molecule has 0 aliphatic heterocycles. The number of hydrogen-bond acceptors (Lipinski definition) is 1. The van der Waals surface area contributed by atoms with E-state index in [4.69, 9.17) is 5.73 Å². The number of amides is 1. The Balaban J connectivity index is 1.97. The summed E-state index contributed by atoms with van der Waals surface area (Å²) in [6.07, 6.45) is 7.98. The molecule has 90 valence electrons. The molecule has 2 aliphatic rings. The zero-order valence-corrected chi connectivity index (χ0v) is 10.2. The zero-order chi connectivity index (χ0) is 11.8. The third-order valence-corrected chi connectivity index (χ3v) is 4.36. The van der Waals surface area contributed by atoms with Crippen LogP contribution in [0.4, 0.5) is 0 Å². The maximum atomic E-state index is 11.3. The fourth-order valence-corrected chi connectivity index (χ4v) is 3.38. The van der Waals surface area contributed by atoms with E-state index in [1.807, 2.05) is 0 Å². The Morgan fingerprint density at radius 3 is 2.59 bits per heavy atom. The van der Waals surface area contributed by atoms with Crippen LogP contribution in [0.2, 0.25) is 0 Å². The Morgan fingerprint density at radius 1 is 1.06 bits per heavy atom. The molecule has 1 atom stereocenters. The number of hydrogen-bond donors (Lipinski definition) is 1. The highest BCUT2D eigenvalue weighted by Crippen LogP contribution is 2.33. The number of rotatable bonds is 1. The second-order valence-electron chi connectivity index (χ2n) is 5.39. The van der Waals surface area contributed by atoms with Crippen molar-refractivity contribution in [3.8, 4) is 0 Å². The smallest absolute Gasteiger partial charge is 0.220 e. The van der Waals surface area contributed by atoms with E-state index >= 15 is 0 Å². The maximum Gasteiger partial charge on any atom is 0.220 e. The fourth-order valence-electron chi connectivity index (χ4n) is 3.38. The lowest BCUT2D eigenvalue weighted by molar-refractivity contribution is -0.122. The summed E-state index contributed by atoms with van der Waals surface area (Å²) in [5, 5.41) is 0. The Bertz CT molecular complexity index is 464. The molecular formula is C15H19NO. The van der Waals surface area contributed by atoms with E-state index in [1.54, 1.807) is 16.7 Å². The Hall–Kier alpha value is -1.31. The highest BCUT2D eigenvalue weighted by atomic mass is 16.1. The third kappa shape index (κ3) is 1.86. The van der Waals surface area contributed by atoms with E-state index in [0.717, 1.165) is 19.3 Å². The number of carbonyl (C=O) groups is 1. The zero-order valence-electron chi connectivity index (χ0n) is 10.2. The molecule has 2 N–H and O–H groups in total. The van der Waals surface area contributed by atoms with E-state index in [0.29, 0.717) is 0 Å². The van der Waals surface area contributed by atoms with Gasteiger partial charge in [-0.05, 0) is 67.2 Å². The van der Waals surface area contributed by atoms with Gasteiger partial charge in [0.05, 0.1) is 0 Å². The predicted octanol–water partition coefficient (Wildman–Crippen LogP) is 2.16. The van der Waals surface area contributed by atoms with E-state index in [1.165, 1.54) is 31.2 Å². The number of nitrogens with two attached hydrogens (primary N) is 1. The first-order valence-corrected chi connectivity index (χ1v) is 6.67. The maximum absolute atomic E-state index is 11.3. The van der Waals surface area contributed by atoms with Crippen molar-refractivity contribution in [2.45, 2.75) is 44.9 Å². The number of carbonyl (C=O) groups excluding carboxylic acids is 1. The molecule has 1 unspecified atom stereocenters. The SMILES string of the molecule is NC(=O)C1CCc2c(ccc3c2CCCC3)C1. The van der Waals surface area contributed by atoms with Gasteiger partial charge in [0.2, 0.25) is 5.91 Å². The standard InChI is InChI=1S/C15H19NO/c16-15(17)12-7-8-14-11(9-12)6-5-10-3-1-2-4-13(10)14/h5-6,12H,1-4,7-9H2,(H2,16,17). The summed E-state index contributed by atoms with van der Waals surface area (Å²) in [5.74, 6) is -0.0717. The Kier molecular flexibility index (Phi) is 2.65. The van der Waals surface area contributed by atoms with E-state index in [9.17, 15) is 4.79 Å². The van der Waals surface area contributed by atoms with Crippen LogP contribution in [0.25, 0.3) is 0 Å². The van der Waals surface area contributed by atoms with Crippen molar-refractivity contribution in [2.75, 3.05) is 0 Å². The number of aryl methyl sites for hydroxylation is 1. The molecule has 0 bridgehead atoms. The largest absolute Gasteiger partial charge is 0.369 e. The van der Waals surface area contributed by atoms with Crippen LogP contribution >= 0.6 is 0 Å². The average molecular weight is 229 g/mol. The van der Waals surface area contributed by atoms with Crippen molar-refractivity contribution < 1.29 is 4.79 Å². The molecule has 0 saturated carbocycles. The average Bonchev–Trinajstić information content (AvgIpc) is 2.38. The summed E-state index contributed by atoms with van der Waals surface area (Å²) >= 11 is 0. The summed E-state index contributed by atoms with van der Waals surface area (Å²) in [6, 6.07) is 4.51. The fraction of sp³-hybridized carbons (Fsp3) is 0.533. The second kappa shape index (κ2) is 4.17. The van der Waals surface area contributed by atoms with Gasteiger partial charge in [-0.25, -0.2) is 0 Å². The van der Waals surface area contributed by atoms with Crippen LogP contribution < -0.4 is 5.73 Å².